The third-order valence-corrected chi connectivity index (χ3v) is 3.85. The molecule has 0 bridgehead atoms. The lowest BCUT2D eigenvalue weighted by atomic mass is 9.97. The van der Waals surface area contributed by atoms with Gasteiger partial charge in [0.25, 0.3) is 0 Å². The van der Waals surface area contributed by atoms with Crippen molar-refractivity contribution in [3.05, 3.63) is 0 Å². The van der Waals surface area contributed by atoms with Crippen molar-refractivity contribution >= 4 is 11.8 Å². The molecule has 0 aliphatic heterocycles. The van der Waals surface area contributed by atoms with Crippen molar-refractivity contribution in [2.45, 2.75) is 56.3 Å². The highest BCUT2D eigenvalue weighted by molar-refractivity contribution is 8.00. The largest absolute Gasteiger partial charge is 0.392 e. The summed E-state index contributed by atoms with van der Waals surface area (Å²) in [6.45, 7) is 4.83. The van der Waals surface area contributed by atoms with Crippen LogP contribution in [0.3, 0.4) is 0 Å². The molecule has 1 aliphatic carbocycles. The van der Waals surface area contributed by atoms with Crippen molar-refractivity contribution in [1.29, 1.82) is 0 Å². The Hall–Kier alpha value is 0.270. The normalized spacial score (nSPS) is 31.6. The van der Waals surface area contributed by atoms with E-state index in [0.29, 0.717) is 5.25 Å². The molecule has 0 spiro atoms. The van der Waals surface area contributed by atoms with Gasteiger partial charge in [0.05, 0.1) is 6.10 Å². The van der Waals surface area contributed by atoms with Crippen LogP contribution in [0.15, 0.2) is 0 Å². The summed E-state index contributed by atoms with van der Waals surface area (Å²) in [5.74, 6) is 0. The fraction of sp³-hybridized carbons (Fsp3) is 1.00. The molecule has 1 fully saturated rings. The van der Waals surface area contributed by atoms with E-state index in [2.05, 4.69) is 6.92 Å². The number of ether oxygens (including phenoxy) is 1. The highest BCUT2D eigenvalue weighted by Gasteiger charge is 2.25. The summed E-state index contributed by atoms with van der Waals surface area (Å²) < 4.78 is 5.44. The minimum Gasteiger partial charge on any atom is -0.392 e. The second-order valence-electron chi connectivity index (χ2n) is 3.55. The number of thioether (sulfide) groups is 1. The first-order valence-electron chi connectivity index (χ1n) is 5.19. The van der Waals surface area contributed by atoms with E-state index in [1.165, 1.54) is 12.8 Å². The lowest BCUT2D eigenvalue weighted by Gasteiger charge is -2.28. The molecule has 13 heavy (non-hydrogen) atoms. The number of hydrogen-bond donors (Lipinski definition) is 1. The molecule has 1 N–H and O–H groups in total. The van der Waals surface area contributed by atoms with E-state index in [0.717, 1.165) is 19.4 Å². The first-order valence-corrected chi connectivity index (χ1v) is 6.13. The van der Waals surface area contributed by atoms with Gasteiger partial charge in [0, 0.05) is 11.9 Å². The van der Waals surface area contributed by atoms with E-state index in [-0.39, 0.29) is 11.5 Å². The van der Waals surface area contributed by atoms with Crippen LogP contribution in [0.2, 0.25) is 0 Å². The molecule has 0 aromatic carbocycles. The number of rotatable bonds is 4. The predicted molar refractivity (Wildman–Crippen MR) is 56.9 cm³/mol. The topological polar surface area (TPSA) is 29.5 Å². The van der Waals surface area contributed by atoms with Gasteiger partial charge in [-0.3, -0.25) is 0 Å². The molecule has 2 nitrogen and oxygen atoms in total. The Morgan fingerprint density at radius 3 is 2.77 bits per heavy atom. The average molecular weight is 204 g/mol. The maximum Gasteiger partial charge on any atom is 0.100 e. The van der Waals surface area contributed by atoms with Crippen molar-refractivity contribution in [3.63, 3.8) is 0 Å². The third-order valence-electron chi connectivity index (χ3n) is 2.44. The van der Waals surface area contributed by atoms with Crippen molar-refractivity contribution in [1.82, 2.24) is 0 Å². The summed E-state index contributed by atoms with van der Waals surface area (Å²) >= 11 is 1.78. The van der Waals surface area contributed by atoms with Crippen LogP contribution < -0.4 is 0 Å². The van der Waals surface area contributed by atoms with Crippen LogP contribution in [0.4, 0.5) is 0 Å². The van der Waals surface area contributed by atoms with Gasteiger partial charge in [0.1, 0.15) is 5.44 Å². The van der Waals surface area contributed by atoms with Crippen LogP contribution in [0.5, 0.6) is 0 Å². The molecule has 0 saturated heterocycles. The zero-order valence-electron chi connectivity index (χ0n) is 8.53. The molecule has 0 amide bonds. The standard InChI is InChI=1S/C10H20O2S/c1-3-12-8(2)13-10-7-5-4-6-9(10)11/h8-11H,3-7H2,1-2H3/t8-,9+,10+/m0/s1. The van der Waals surface area contributed by atoms with Gasteiger partial charge in [-0.2, -0.15) is 0 Å². The van der Waals surface area contributed by atoms with Crippen LogP contribution >= 0.6 is 11.8 Å². The maximum absolute atomic E-state index is 9.71. The highest BCUT2D eigenvalue weighted by atomic mass is 32.2. The first-order chi connectivity index (χ1) is 6.24. The van der Waals surface area contributed by atoms with E-state index >= 15 is 0 Å². The van der Waals surface area contributed by atoms with Gasteiger partial charge in [-0.25, -0.2) is 0 Å². The molecule has 3 heteroatoms. The molecule has 0 unspecified atom stereocenters. The minimum atomic E-state index is -0.110. The Morgan fingerprint density at radius 2 is 2.15 bits per heavy atom. The second kappa shape index (κ2) is 5.89. The number of hydrogen-bond acceptors (Lipinski definition) is 3. The molecule has 0 radical (unpaired) electrons. The van der Waals surface area contributed by atoms with E-state index in [9.17, 15) is 5.11 Å². The van der Waals surface area contributed by atoms with E-state index in [4.69, 9.17) is 4.74 Å². The third kappa shape index (κ3) is 3.88. The van der Waals surface area contributed by atoms with Crippen LogP contribution in [0.1, 0.15) is 39.5 Å². The monoisotopic (exact) mass is 204 g/mol. The van der Waals surface area contributed by atoms with E-state index in [1.807, 2.05) is 6.92 Å². The Morgan fingerprint density at radius 1 is 1.46 bits per heavy atom. The Kier molecular flexibility index (Phi) is 5.14. The lowest BCUT2D eigenvalue weighted by molar-refractivity contribution is 0.122. The molecule has 0 aromatic heterocycles. The molecule has 78 valence electrons. The quantitative estimate of drug-likeness (QED) is 0.713. The van der Waals surface area contributed by atoms with Gasteiger partial charge >= 0.3 is 0 Å². The smallest absolute Gasteiger partial charge is 0.100 e. The highest BCUT2D eigenvalue weighted by Crippen LogP contribution is 2.31. The summed E-state index contributed by atoms with van der Waals surface area (Å²) in [6, 6.07) is 0. The van der Waals surface area contributed by atoms with Gasteiger partial charge in [0.2, 0.25) is 0 Å². The van der Waals surface area contributed by atoms with E-state index < -0.39 is 0 Å². The maximum atomic E-state index is 9.71. The van der Waals surface area contributed by atoms with E-state index in [1.54, 1.807) is 11.8 Å². The molecule has 1 saturated carbocycles. The van der Waals surface area contributed by atoms with Gasteiger partial charge < -0.3 is 9.84 Å². The van der Waals surface area contributed by atoms with Gasteiger partial charge in [-0.15, -0.1) is 11.8 Å². The van der Waals surface area contributed by atoms with Crippen LogP contribution in [-0.4, -0.2) is 28.5 Å². The minimum absolute atomic E-state index is 0.110. The molecule has 1 rings (SSSR count). The summed E-state index contributed by atoms with van der Waals surface area (Å²) in [5.41, 5.74) is 0.225. The number of aliphatic hydroxyl groups excluding tert-OH is 1. The summed E-state index contributed by atoms with van der Waals surface area (Å²) in [7, 11) is 0. The molecule has 0 aromatic rings. The van der Waals surface area contributed by atoms with Crippen molar-refractivity contribution in [2.24, 2.45) is 0 Å². The average Bonchev–Trinajstić information content (AvgIpc) is 2.09. The van der Waals surface area contributed by atoms with Gasteiger partial charge in [0.15, 0.2) is 0 Å². The predicted octanol–water partition coefficient (Wildman–Crippen LogP) is 2.41. The summed E-state index contributed by atoms with van der Waals surface area (Å²) in [5, 5.41) is 10.1. The van der Waals surface area contributed by atoms with Gasteiger partial charge in [-0.05, 0) is 26.7 Å². The van der Waals surface area contributed by atoms with Crippen LogP contribution in [0.25, 0.3) is 0 Å². The fourth-order valence-corrected chi connectivity index (χ4v) is 3.08. The van der Waals surface area contributed by atoms with Crippen molar-refractivity contribution < 1.29 is 9.84 Å². The summed E-state index contributed by atoms with van der Waals surface area (Å²) in [6.07, 6.45) is 4.44. The zero-order chi connectivity index (χ0) is 9.68. The molecular formula is C10H20O2S. The Labute approximate surface area is 85.0 Å². The molecule has 1 aliphatic rings. The molecule has 3 atom stereocenters. The van der Waals surface area contributed by atoms with Crippen LogP contribution in [0, 0.1) is 0 Å². The summed E-state index contributed by atoms with van der Waals surface area (Å²) in [4.78, 5) is 0. The molecular weight excluding hydrogens is 184 g/mol. The van der Waals surface area contributed by atoms with Crippen LogP contribution in [-0.2, 0) is 4.74 Å². The molecule has 0 heterocycles. The first kappa shape index (κ1) is 11.3. The zero-order valence-corrected chi connectivity index (χ0v) is 9.35. The fourth-order valence-electron chi connectivity index (χ4n) is 1.76. The SMILES string of the molecule is CCO[C@H](C)S[C@@H]1CCCC[C@H]1O. The second-order valence-corrected chi connectivity index (χ2v) is 5.09. The lowest BCUT2D eigenvalue weighted by Crippen LogP contribution is -2.28. The Balaban J connectivity index is 2.25. The van der Waals surface area contributed by atoms with Crippen molar-refractivity contribution in [2.75, 3.05) is 6.61 Å². The van der Waals surface area contributed by atoms with Crippen molar-refractivity contribution in [3.8, 4) is 0 Å². The number of aliphatic hydroxyl groups is 1. The van der Waals surface area contributed by atoms with Gasteiger partial charge in [-0.1, -0.05) is 12.8 Å². The Bertz CT molecular complexity index is 141.